The molecule has 2 N–H and O–H groups in total. The summed E-state index contributed by atoms with van der Waals surface area (Å²) in [5.74, 6) is 1.07. The van der Waals surface area contributed by atoms with E-state index in [1.54, 1.807) is 0 Å². The number of nitrogens with zero attached hydrogens (tertiary/aromatic N) is 3. The number of pyridine rings is 1. The van der Waals surface area contributed by atoms with Crippen LogP contribution in [-0.4, -0.2) is 42.1 Å². The highest BCUT2D eigenvalue weighted by Crippen LogP contribution is 2.18. The van der Waals surface area contributed by atoms with Gasteiger partial charge in [-0.25, -0.2) is 4.98 Å². The van der Waals surface area contributed by atoms with Crippen LogP contribution in [0.15, 0.2) is 18.3 Å². The molecule has 2 rings (SSSR count). The molecule has 0 bridgehead atoms. The summed E-state index contributed by atoms with van der Waals surface area (Å²) in [7, 11) is 0. The van der Waals surface area contributed by atoms with Gasteiger partial charge in [0.05, 0.1) is 0 Å². The van der Waals surface area contributed by atoms with E-state index in [-0.39, 0.29) is 6.04 Å². The van der Waals surface area contributed by atoms with Gasteiger partial charge in [0, 0.05) is 37.9 Å². The zero-order chi connectivity index (χ0) is 13.1. The number of nitrogens with two attached hydrogens (primary N) is 1. The average molecular weight is 248 g/mol. The second kappa shape index (κ2) is 5.67. The molecular formula is C14H24N4. The van der Waals surface area contributed by atoms with Crippen molar-refractivity contribution in [3.63, 3.8) is 0 Å². The summed E-state index contributed by atoms with van der Waals surface area (Å²) < 4.78 is 0. The van der Waals surface area contributed by atoms with E-state index in [9.17, 15) is 0 Å². The molecule has 0 amide bonds. The van der Waals surface area contributed by atoms with Crippen LogP contribution >= 0.6 is 0 Å². The standard InChI is InChI=1S/C14H24N4/c1-4-17-7-8-18(10-11(17)2)14-6-5-13(9-16-14)12(3)15/h5-6,9,11-12H,4,7-8,10,15H2,1-3H3. The lowest BCUT2D eigenvalue weighted by Gasteiger charge is -2.39. The van der Waals surface area contributed by atoms with Gasteiger partial charge in [-0.05, 0) is 32.0 Å². The van der Waals surface area contributed by atoms with Gasteiger partial charge in [0.1, 0.15) is 5.82 Å². The number of piperazine rings is 1. The Kier molecular flexibility index (Phi) is 4.19. The van der Waals surface area contributed by atoms with Gasteiger partial charge in [-0.3, -0.25) is 4.90 Å². The summed E-state index contributed by atoms with van der Waals surface area (Å²) in [6.45, 7) is 10.9. The third kappa shape index (κ3) is 2.82. The van der Waals surface area contributed by atoms with Crippen molar-refractivity contribution in [2.24, 2.45) is 5.73 Å². The molecule has 100 valence electrons. The van der Waals surface area contributed by atoms with E-state index >= 15 is 0 Å². The molecule has 4 nitrogen and oxygen atoms in total. The lowest BCUT2D eigenvalue weighted by molar-refractivity contribution is 0.199. The van der Waals surface area contributed by atoms with Crippen LogP contribution in [0.5, 0.6) is 0 Å². The Morgan fingerprint density at radius 1 is 1.44 bits per heavy atom. The number of likely N-dealkylation sites (N-methyl/N-ethyl adjacent to an activating group) is 1. The van der Waals surface area contributed by atoms with Gasteiger partial charge in [0.15, 0.2) is 0 Å². The maximum absolute atomic E-state index is 5.84. The Morgan fingerprint density at radius 3 is 2.72 bits per heavy atom. The molecule has 1 aromatic rings. The molecule has 1 aliphatic heterocycles. The molecule has 2 heterocycles. The fraction of sp³-hybridized carbons (Fsp3) is 0.643. The molecule has 1 fully saturated rings. The van der Waals surface area contributed by atoms with Crippen LogP contribution in [0.1, 0.15) is 32.4 Å². The third-order valence-electron chi connectivity index (χ3n) is 3.79. The van der Waals surface area contributed by atoms with Crippen LogP contribution in [0.3, 0.4) is 0 Å². The van der Waals surface area contributed by atoms with Gasteiger partial charge in [-0.15, -0.1) is 0 Å². The topological polar surface area (TPSA) is 45.4 Å². The number of hydrogen-bond donors (Lipinski definition) is 1. The summed E-state index contributed by atoms with van der Waals surface area (Å²) in [5.41, 5.74) is 6.94. The lowest BCUT2D eigenvalue weighted by atomic mass is 10.1. The maximum Gasteiger partial charge on any atom is 0.128 e. The lowest BCUT2D eigenvalue weighted by Crippen LogP contribution is -2.51. The van der Waals surface area contributed by atoms with Crippen LogP contribution in [0.25, 0.3) is 0 Å². The number of rotatable bonds is 3. The monoisotopic (exact) mass is 248 g/mol. The molecule has 1 aliphatic rings. The first-order chi connectivity index (χ1) is 8.61. The van der Waals surface area contributed by atoms with Gasteiger partial charge in [0.2, 0.25) is 0 Å². The van der Waals surface area contributed by atoms with E-state index in [1.165, 1.54) is 0 Å². The Morgan fingerprint density at radius 2 is 2.22 bits per heavy atom. The van der Waals surface area contributed by atoms with Gasteiger partial charge < -0.3 is 10.6 Å². The van der Waals surface area contributed by atoms with Crippen LogP contribution in [0.4, 0.5) is 5.82 Å². The van der Waals surface area contributed by atoms with Crippen molar-refractivity contribution in [3.8, 4) is 0 Å². The molecule has 1 aromatic heterocycles. The first-order valence-corrected chi connectivity index (χ1v) is 6.82. The Hall–Kier alpha value is -1.13. The van der Waals surface area contributed by atoms with Crippen molar-refractivity contribution in [2.45, 2.75) is 32.9 Å². The van der Waals surface area contributed by atoms with Crippen LogP contribution in [-0.2, 0) is 0 Å². The minimum atomic E-state index is 0.0578. The molecule has 0 aliphatic carbocycles. The van der Waals surface area contributed by atoms with Crippen molar-refractivity contribution in [2.75, 3.05) is 31.1 Å². The molecular weight excluding hydrogens is 224 g/mol. The van der Waals surface area contributed by atoms with Crippen molar-refractivity contribution < 1.29 is 0 Å². The number of hydrogen-bond acceptors (Lipinski definition) is 4. The first-order valence-electron chi connectivity index (χ1n) is 6.82. The third-order valence-corrected chi connectivity index (χ3v) is 3.79. The fourth-order valence-corrected chi connectivity index (χ4v) is 2.53. The van der Waals surface area contributed by atoms with Crippen LogP contribution in [0.2, 0.25) is 0 Å². The summed E-state index contributed by atoms with van der Waals surface area (Å²) in [6, 6.07) is 4.83. The van der Waals surface area contributed by atoms with E-state index < -0.39 is 0 Å². The fourth-order valence-electron chi connectivity index (χ4n) is 2.53. The molecule has 18 heavy (non-hydrogen) atoms. The SMILES string of the molecule is CCN1CCN(c2ccc(C(C)N)cn2)CC1C. The highest BCUT2D eigenvalue weighted by atomic mass is 15.3. The predicted molar refractivity (Wildman–Crippen MR) is 75.8 cm³/mol. The zero-order valence-corrected chi connectivity index (χ0v) is 11.6. The van der Waals surface area contributed by atoms with Gasteiger partial charge in [-0.1, -0.05) is 13.0 Å². The van der Waals surface area contributed by atoms with Gasteiger partial charge in [-0.2, -0.15) is 0 Å². The molecule has 2 atom stereocenters. The predicted octanol–water partition coefficient (Wildman–Crippen LogP) is 1.63. The van der Waals surface area contributed by atoms with Crippen LogP contribution < -0.4 is 10.6 Å². The Balaban J connectivity index is 2.04. The van der Waals surface area contributed by atoms with Gasteiger partial charge >= 0.3 is 0 Å². The number of aromatic nitrogens is 1. The van der Waals surface area contributed by atoms with Crippen LogP contribution in [0, 0.1) is 0 Å². The van der Waals surface area contributed by atoms with E-state index in [0.29, 0.717) is 6.04 Å². The molecule has 1 saturated heterocycles. The van der Waals surface area contributed by atoms with E-state index in [1.807, 2.05) is 13.1 Å². The van der Waals surface area contributed by atoms with E-state index in [4.69, 9.17) is 5.73 Å². The van der Waals surface area contributed by atoms with Gasteiger partial charge in [0.25, 0.3) is 0 Å². The van der Waals surface area contributed by atoms with Crippen molar-refractivity contribution in [1.29, 1.82) is 0 Å². The van der Waals surface area contributed by atoms with E-state index in [2.05, 4.69) is 40.8 Å². The highest BCUT2D eigenvalue weighted by molar-refractivity contribution is 5.40. The minimum Gasteiger partial charge on any atom is -0.354 e. The molecule has 2 unspecified atom stereocenters. The van der Waals surface area contributed by atoms with Crippen molar-refractivity contribution >= 4 is 5.82 Å². The molecule has 4 heteroatoms. The Labute approximate surface area is 110 Å². The zero-order valence-electron chi connectivity index (χ0n) is 11.6. The smallest absolute Gasteiger partial charge is 0.128 e. The summed E-state index contributed by atoms with van der Waals surface area (Å²) >= 11 is 0. The Bertz CT molecular complexity index is 374. The normalized spacial score (nSPS) is 23.1. The quantitative estimate of drug-likeness (QED) is 0.883. The second-order valence-electron chi connectivity index (χ2n) is 5.16. The summed E-state index contributed by atoms with van der Waals surface area (Å²) in [6.07, 6.45) is 1.90. The van der Waals surface area contributed by atoms with Crippen molar-refractivity contribution in [1.82, 2.24) is 9.88 Å². The average Bonchev–Trinajstić information content (AvgIpc) is 2.38. The second-order valence-corrected chi connectivity index (χ2v) is 5.16. The summed E-state index contributed by atoms with van der Waals surface area (Å²) in [4.78, 5) is 9.41. The largest absolute Gasteiger partial charge is 0.354 e. The minimum absolute atomic E-state index is 0.0578. The maximum atomic E-state index is 5.84. The molecule has 0 spiro atoms. The molecule has 0 aromatic carbocycles. The van der Waals surface area contributed by atoms with Crippen molar-refractivity contribution in [3.05, 3.63) is 23.9 Å². The molecule has 0 saturated carbocycles. The summed E-state index contributed by atoms with van der Waals surface area (Å²) in [5, 5.41) is 0. The molecule has 0 radical (unpaired) electrons. The highest BCUT2D eigenvalue weighted by Gasteiger charge is 2.22. The number of anilines is 1. The first kappa shape index (κ1) is 13.3. The van der Waals surface area contributed by atoms with E-state index in [0.717, 1.165) is 37.6 Å².